The minimum atomic E-state index is -0.0873. The number of piperazine rings is 1. The van der Waals surface area contributed by atoms with Crippen molar-refractivity contribution in [2.24, 2.45) is 0 Å². The monoisotopic (exact) mass is 281 g/mol. The molecule has 1 amide bonds. The highest BCUT2D eigenvalue weighted by atomic mass is 16.5. The zero-order valence-electron chi connectivity index (χ0n) is 12.4. The second kappa shape index (κ2) is 6.81. The fourth-order valence-electron chi connectivity index (χ4n) is 2.26. The molecule has 7 heteroatoms. The molecule has 0 unspecified atom stereocenters. The Labute approximate surface area is 119 Å². The van der Waals surface area contributed by atoms with Gasteiger partial charge in [0.2, 0.25) is 11.8 Å². The number of carbonyl (C=O) groups excluding carboxylic acids is 1. The predicted molar refractivity (Wildman–Crippen MR) is 74.3 cm³/mol. The lowest BCUT2D eigenvalue weighted by Crippen LogP contribution is -2.53. The largest absolute Gasteiger partial charge is 0.354 e. The molecule has 7 nitrogen and oxygen atoms in total. The molecular weight excluding hydrogens is 258 g/mol. The van der Waals surface area contributed by atoms with Gasteiger partial charge in [-0.2, -0.15) is 4.98 Å². The molecule has 1 aliphatic rings. The molecule has 0 aromatic carbocycles. The number of rotatable bonds is 5. The third-order valence-electron chi connectivity index (χ3n) is 3.68. The van der Waals surface area contributed by atoms with Gasteiger partial charge in [0.25, 0.3) is 0 Å². The van der Waals surface area contributed by atoms with Gasteiger partial charge in [-0.3, -0.25) is 9.69 Å². The van der Waals surface area contributed by atoms with E-state index in [1.165, 1.54) is 0 Å². The van der Waals surface area contributed by atoms with Crippen LogP contribution >= 0.6 is 0 Å². The average Bonchev–Trinajstić information content (AvgIpc) is 2.84. The van der Waals surface area contributed by atoms with Crippen molar-refractivity contribution in [2.45, 2.75) is 26.3 Å². The highest BCUT2D eigenvalue weighted by Gasteiger charge is 2.23. The van der Waals surface area contributed by atoms with Gasteiger partial charge in [-0.1, -0.05) is 5.16 Å². The molecule has 1 aromatic heterocycles. The molecule has 1 N–H and O–H groups in total. The predicted octanol–water partition coefficient (Wildman–Crippen LogP) is -0.327. The Morgan fingerprint density at radius 1 is 1.40 bits per heavy atom. The van der Waals surface area contributed by atoms with Crippen LogP contribution in [0.1, 0.15) is 18.6 Å². The summed E-state index contributed by atoms with van der Waals surface area (Å²) in [5, 5.41) is 6.74. The van der Waals surface area contributed by atoms with Crippen molar-refractivity contribution in [1.82, 2.24) is 25.3 Å². The summed E-state index contributed by atoms with van der Waals surface area (Å²) in [6.45, 7) is 8.16. The Morgan fingerprint density at radius 3 is 2.70 bits per heavy atom. The molecule has 20 heavy (non-hydrogen) atoms. The van der Waals surface area contributed by atoms with E-state index in [9.17, 15) is 4.79 Å². The van der Waals surface area contributed by atoms with Gasteiger partial charge in [0.15, 0.2) is 5.82 Å². The number of carbonyl (C=O) groups is 1. The first-order chi connectivity index (χ1) is 9.56. The zero-order valence-corrected chi connectivity index (χ0v) is 12.4. The molecule has 1 fully saturated rings. The molecule has 112 valence electrons. The van der Waals surface area contributed by atoms with Crippen molar-refractivity contribution in [3.05, 3.63) is 11.7 Å². The Morgan fingerprint density at radius 2 is 2.10 bits per heavy atom. The smallest absolute Gasteiger partial charge is 0.237 e. The van der Waals surface area contributed by atoms with Crippen molar-refractivity contribution in [2.75, 3.05) is 39.8 Å². The van der Waals surface area contributed by atoms with Crippen LogP contribution < -0.4 is 5.32 Å². The summed E-state index contributed by atoms with van der Waals surface area (Å²) < 4.78 is 4.89. The molecular formula is C13H23N5O2. The van der Waals surface area contributed by atoms with Gasteiger partial charge in [-0.05, 0) is 14.0 Å². The maximum Gasteiger partial charge on any atom is 0.237 e. The molecule has 0 saturated carbocycles. The van der Waals surface area contributed by atoms with E-state index in [1.54, 1.807) is 6.92 Å². The minimum Gasteiger partial charge on any atom is -0.354 e. The standard InChI is InChI=1S/C13H23N5O2/c1-10(18-8-6-17(3)7-9-18)13(19)14-5-4-12-15-11(2)20-16-12/h10H,4-9H2,1-3H3,(H,14,19)/t10-/m0/s1. The minimum absolute atomic E-state index is 0.0646. The van der Waals surface area contributed by atoms with Gasteiger partial charge in [0.1, 0.15) is 0 Å². The van der Waals surface area contributed by atoms with Crippen LogP contribution in [0.2, 0.25) is 0 Å². The van der Waals surface area contributed by atoms with Crippen LogP contribution in [0.25, 0.3) is 0 Å². The van der Waals surface area contributed by atoms with Crippen LogP contribution in [0.4, 0.5) is 0 Å². The summed E-state index contributed by atoms with van der Waals surface area (Å²) in [7, 11) is 2.11. The van der Waals surface area contributed by atoms with Crippen LogP contribution in [0, 0.1) is 6.92 Å². The molecule has 0 radical (unpaired) electrons. The summed E-state index contributed by atoms with van der Waals surface area (Å²) >= 11 is 0. The first-order valence-electron chi connectivity index (χ1n) is 7.06. The Kier molecular flexibility index (Phi) is 5.08. The van der Waals surface area contributed by atoms with Crippen LogP contribution in [0.5, 0.6) is 0 Å². The van der Waals surface area contributed by atoms with Crippen LogP contribution in [-0.4, -0.2) is 71.7 Å². The molecule has 2 rings (SSSR count). The summed E-state index contributed by atoms with van der Waals surface area (Å²) in [6.07, 6.45) is 0.596. The molecule has 0 bridgehead atoms. The number of nitrogens with one attached hydrogen (secondary N) is 1. The number of hydrogen-bond acceptors (Lipinski definition) is 6. The van der Waals surface area contributed by atoms with E-state index < -0.39 is 0 Å². The number of nitrogens with zero attached hydrogens (tertiary/aromatic N) is 4. The number of likely N-dealkylation sites (N-methyl/N-ethyl adjacent to an activating group) is 1. The van der Waals surface area contributed by atoms with Crippen molar-refractivity contribution >= 4 is 5.91 Å². The number of amides is 1. The van der Waals surface area contributed by atoms with Crippen LogP contribution in [0.3, 0.4) is 0 Å². The summed E-state index contributed by atoms with van der Waals surface area (Å²) in [4.78, 5) is 20.7. The van der Waals surface area contributed by atoms with Gasteiger partial charge >= 0.3 is 0 Å². The Bertz CT molecular complexity index is 440. The second-order valence-electron chi connectivity index (χ2n) is 5.29. The van der Waals surface area contributed by atoms with Crippen LogP contribution in [0.15, 0.2) is 4.52 Å². The normalized spacial score (nSPS) is 18.9. The summed E-state index contributed by atoms with van der Waals surface area (Å²) in [6, 6.07) is -0.0873. The van der Waals surface area contributed by atoms with Gasteiger partial charge in [0, 0.05) is 46.1 Å². The van der Waals surface area contributed by atoms with E-state index in [4.69, 9.17) is 4.52 Å². The van der Waals surface area contributed by atoms with Crippen molar-refractivity contribution in [3.8, 4) is 0 Å². The first-order valence-corrected chi connectivity index (χ1v) is 7.06. The zero-order chi connectivity index (χ0) is 14.5. The maximum atomic E-state index is 12.1. The quantitative estimate of drug-likeness (QED) is 0.797. The van der Waals surface area contributed by atoms with Gasteiger partial charge in [-0.15, -0.1) is 0 Å². The van der Waals surface area contributed by atoms with Gasteiger partial charge in [-0.25, -0.2) is 0 Å². The topological polar surface area (TPSA) is 74.5 Å². The van der Waals surface area contributed by atoms with Crippen LogP contribution in [-0.2, 0) is 11.2 Å². The summed E-state index contributed by atoms with van der Waals surface area (Å²) in [5.41, 5.74) is 0. The lowest BCUT2D eigenvalue weighted by atomic mass is 10.2. The fraction of sp³-hybridized carbons (Fsp3) is 0.769. The lowest BCUT2D eigenvalue weighted by molar-refractivity contribution is -0.126. The van der Waals surface area contributed by atoms with E-state index in [-0.39, 0.29) is 11.9 Å². The molecule has 1 aromatic rings. The van der Waals surface area contributed by atoms with Gasteiger partial charge in [0.05, 0.1) is 6.04 Å². The second-order valence-corrected chi connectivity index (χ2v) is 5.29. The van der Waals surface area contributed by atoms with E-state index in [0.717, 1.165) is 26.2 Å². The molecule has 1 aliphatic heterocycles. The van der Waals surface area contributed by atoms with E-state index >= 15 is 0 Å². The number of aryl methyl sites for hydroxylation is 1. The van der Waals surface area contributed by atoms with Crippen molar-refractivity contribution < 1.29 is 9.32 Å². The average molecular weight is 281 g/mol. The lowest BCUT2D eigenvalue weighted by Gasteiger charge is -2.35. The van der Waals surface area contributed by atoms with E-state index in [1.807, 2.05) is 6.92 Å². The molecule has 2 heterocycles. The number of hydrogen-bond donors (Lipinski definition) is 1. The Hall–Kier alpha value is -1.47. The highest BCUT2D eigenvalue weighted by Crippen LogP contribution is 2.05. The molecule has 1 atom stereocenters. The number of aromatic nitrogens is 2. The maximum absolute atomic E-state index is 12.1. The SMILES string of the molecule is Cc1nc(CCNC(=O)[C@H](C)N2CCN(C)CC2)no1. The van der Waals surface area contributed by atoms with E-state index in [0.29, 0.717) is 24.7 Å². The highest BCUT2D eigenvalue weighted by molar-refractivity contribution is 5.81. The third-order valence-corrected chi connectivity index (χ3v) is 3.68. The van der Waals surface area contributed by atoms with Crippen molar-refractivity contribution in [1.29, 1.82) is 0 Å². The first kappa shape index (κ1) is 14.9. The Balaban J connectivity index is 1.71. The summed E-state index contributed by atoms with van der Waals surface area (Å²) in [5.74, 6) is 1.25. The third kappa shape index (κ3) is 4.01. The van der Waals surface area contributed by atoms with Crippen molar-refractivity contribution in [3.63, 3.8) is 0 Å². The molecule has 0 aliphatic carbocycles. The van der Waals surface area contributed by atoms with Gasteiger partial charge < -0.3 is 14.7 Å². The fourth-order valence-corrected chi connectivity index (χ4v) is 2.26. The van der Waals surface area contributed by atoms with E-state index in [2.05, 4.69) is 32.3 Å². The molecule has 0 spiro atoms. The molecule has 1 saturated heterocycles.